The van der Waals surface area contributed by atoms with Gasteiger partial charge in [0.05, 0.1) is 0 Å². The molecule has 0 saturated carbocycles. The minimum atomic E-state index is -0.127. The highest BCUT2D eigenvalue weighted by Gasteiger charge is 2.30. The molecule has 1 amide bonds. The van der Waals surface area contributed by atoms with E-state index < -0.39 is 0 Å². The van der Waals surface area contributed by atoms with Crippen LogP contribution in [0.3, 0.4) is 0 Å². The van der Waals surface area contributed by atoms with Gasteiger partial charge < -0.3 is 4.90 Å². The lowest BCUT2D eigenvalue weighted by molar-refractivity contribution is -0.129. The van der Waals surface area contributed by atoms with E-state index in [9.17, 15) is 4.79 Å². The maximum absolute atomic E-state index is 11.4. The summed E-state index contributed by atoms with van der Waals surface area (Å²) in [5, 5.41) is 3.94. The molecule has 0 spiro atoms. The Hall–Kier alpha value is -1.39. The number of likely N-dealkylation sites (tertiary alicyclic amines) is 1. The third-order valence-electron chi connectivity index (χ3n) is 2.16. The maximum atomic E-state index is 11.4. The molecule has 0 radical (unpaired) electrons. The van der Waals surface area contributed by atoms with Crippen LogP contribution in [0.1, 0.15) is 12.5 Å². The molecule has 1 aliphatic heterocycles. The second kappa shape index (κ2) is 2.58. The average Bonchev–Trinajstić information content (AvgIpc) is 2.64. The normalized spacial score (nSPS) is 23.6. The third kappa shape index (κ3) is 0.975. The van der Waals surface area contributed by atoms with Gasteiger partial charge in [-0.15, -0.1) is 0 Å². The fourth-order valence-electron chi connectivity index (χ4n) is 1.43. The Balaban J connectivity index is 2.22. The number of amides is 1. The molecular weight excluding hydrogens is 156 g/mol. The van der Waals surface area contributed by atoms with E-state index in [1.54, 1.807) is 23.0 Å². The van der Waals surface area contributed by atoms with Crippen molar-refractivity contribution in [1.82, 2.24) is 19.7 Å². The zero-order valence-corrected chi connectivity index (χ0v) is 6.84. The first-order valence-electron chi connectivity index (χ1n) is 3.88. The number of hydrogen-bond donors (Lipinski definition) is 0. The summed E-state index contributed by atoms with van der Waals surface area (Å²) < 4.78 is 1.62. The van der Waals surface area contributed by atoms with Crippen LogP contribution in [0.5, 0.6) is 0 Å². The zero-order chi connectivity index (χ0) is 8.55. The molecule has 0 bridgehead atoms. The number of likely N-dealkylation sites (N-methyl/N-ethyl adjacent to an activating group) is 1. The van der Waals surface area contributed by atoms with Crippen molar-refractivity contribution < 1.29 is 4.79 Å². The third-order valence-corrected chi connectivity index (χ3v) is 2.16. The van der Waals surface area contributed by atoms with E-state index in [4.69, 9.17) is 0 Å². The van der Waals surface area contributed by atoms with E-state index in [1.165, 1.54) is 6.33 Å². The molecule has 1 aliphatic rings. The molecule has 2 heterocycles. The van der Waals surface area contributed by atoms with Gasteiger partial charge in [-0.25, -0.2) is 9.67 Å². The van der Waals surface area contributed by atoms with Gasteiger partial charge in [0.25, 0.3) is 0 Å². The second-order valence-electron chi connectivity index (χ2n) is 2.94. The van der Waals surface area contributed by atoms with E-state index in [0.29, 0.717) is 0 Å². The van der Waals surface area contributed by atoms with Crippen LogP contribution >= 0.6 is 0 Å². The lowest BCUT2D eigenvalue weighted by Gasteiger charge is -2.09. The molecule has 64 valence electrons. The Morgan fingerprint density at radius 3 is 3.00 bits per heavy atom. The Morgan fingerprint density at radius 2 is 2.50 bits per heavy atom. The van der Waals surface area contributed by atoms with Gasteiger partial charge in [0.1, 0.15) is 18.7 Å². The molecule has 12 heavy (non-hydrogen) atoms. The molecule has 5 heteroatoms. The van der Waals surface area contributed by atoms with Crippen molar-refractivity contribution in [3.63, 3.8) is 0 Å². The van der Waals surface area contributed by atoms with Gasteiger partial charge in [0.2, 0.25) is 5.91 Å². The van der Waals surface area contributed by atoms with Gasteiger partial charge >= 0.3 is 0 Å². The molecule has 0 N–H and O–H groups in total. The highest BCUT2D eigenvalue weighted by atomic mass is 16.2. The van der Waals surface area contributed by atoms with Crippen LogP contribution in [-0.4, -0.2) is 39.2 Å². The maximum Gasteiger partial charge on any atom is 0.247 e. The predicted octanol–water partition coefficient (Wildman–Crippen LogP) is -0.319. The zero-order valence-electron chi connectivity index (χ0n) is 6.84. The van der Waals surface area contributed by atoms with Gasteiger partial charge in [0.15, 0.2) is 0 Å². The summed E-state index contributed by atoms with van der Waals surface area (Å²) in [6.45, 7) is 0.809. The molecule has 5 nitrogen and oxygen atoms in total. The van der Waals surface area contributed by atoms with E-state index in [0.717, 1.165) is 13.0 Å². The van der Waals surface area contributed by atoms with Crippen LogP contribution in [0.15, 0.2) is 12.7 Å². The molecule has 0 aliphatic carbocycles. The number of hydrogen-bond acceptors (Lipinski definition) is 3. The van der Waals surface area contributed by atoms with E-state index >= 15 is 0 Å². The van der Waals surface area contributed by atoms with Crippen LogP contribution in [-0.2, 0) is 4.79 Å². The molecule has 1 saturated heterocycles. The van der Waals surface area contributed by atoms with Crippen LogP contribution < -0.4 is 0 Å². The number of carbonyl (C=O) groups excluding carboxylic acids is 1. The van der Waals surface area contributed by atoms with Crippen molar-refractivity contribution >= 4 is 5.91 Å². The first-order valence-corrected chi connectivity index (χ1v) is 3.88. The summed E-state index contributed by atoms with van der Waals surface area (Å²) in [7, 11) is 1.80. The number of nitrogens with zero attached hydrogens (tertiary/aromatic N) is 4. The van der Waals surface area contributed by atoms with Crippen molar-refractivity contribution in [3.8, 4) is 0 Å². The first-order chi connectivity index (χ1) is 5.79. The Labute approximate surface area is 70.0 Å². The molecule has 1 atom stereocenters. The molecule has 1 aromatic heterocycles. The van der Waals surface area contributed by atoms with E-state index in [2.05, 4.69) is 10.1 Å². The van der Waals surface area contributed by atoms with Crippen molar-refractivity contribution in [2.45, 2.75) is 12.5 Å². The van der Waals surface area contributed by atoms with Gasteiger partial charge in [-0.2, -0.15) is 5.10 Å². The topological polar surface area (TPSA) is 51.0 Å². The summed E-state index contributed by atoms with van der Waals surface area (Å²) >= 11 is 0. The van der Waals surface area contributed by atoms with Gasteiger partial charge in [-0.1, -0.05) is 0 Å². The van der Waals surface area contributed by atoms with Crippen molar-refractivity contribution in [2.24, 2.45) is 0 Å². The SMILES string of the molecule is CN1CCC(n2cncn2)C1=O. The molecule has 2 rings (SSSR count). The van der Waals surface area contributed by atoms with Crippen molar-refractivity contribution in [3.05, 3.63) is 12.7 Å². The Morgan fingerprint density at radius 1 is 1.67 bits per heavy atom. The first kappa shape index (κ1) is 7.27. The predicted molar refractivity (Wildman–Crippen MR) is 41.3 cm³/mol. The van der Waals surface area contributed by atoms with Crippen molar-refractivity contribution in [1.29, 1.82) is 0 Å². The van der Waals surface area contributed by atoms with Crippen LogP contribution in [0.4, 0.5) is 0 Å². The molecule has 1 fully saturated rings. The minimum Gasteiger partial charge on any atom is -0.344 e. The van der Waals surface area contributed by atoms with Crippen molar-refractivity contribution in [2.75, 3.05) is 13.6 Å². The molecule has 1 unspecified atom stereocenters. The van der Waals surface area contributed by atoms with Crippen LogP contribution in [0, 0.1) is 0 Å². The molecule has 0 aromatic carbocycles. The quantitative estimate of drug-likeness (QED) is 0.574. The Kier molecular flexibility index (Phi) is 1.56. The number of aromatic nitrogens is 3. The summed E-state index contributed by atoms with van der Waals surface area (Å²) in [6, 6.07) is -0.127. The highest BCUT2D eigenvalue weighted by Crippen LogP contribution is 2.19. The smallest absolute Gasteiger partial charge is 0.247 e. The summed E-state index contributed by atoms with van der Waals surface area (Å²) in [6.07, 6.45) is 3.87. The largest absolute Gasteiger partial charge is 0.344 e. The highest BCUT2D eigenvalue weighted by molar-refractivity contribution is 5.82. The monoisotopic (exact) mass is 166 g/mol. The number of carbonyl (C=O) groups is 1. The summed E-state index contributed by atoms with van der Waals surface area (Å²) in [5.74, 6) is 0.125. The second-order valence-corrected chi connectivity index (χ2v) is 2.94. The van der Waals surface area contributed by atoms with E-state index in [1.807, 2.05) is 0 Å². The lowest BCUT2D eigenvalue weighted by Crippen LogP contribution is -2.24. The van der Waals surface area contributed by atoms with Gasteiger partial charge in [-0.3, -0.25) is 4.79 Å². The average molecular weight is 166 g/mol. The minimum absolute atomic E-state index is 0.125. The summed E-state index contributed by atoms with van der Waals surface area (Å²) in [5.41, 5.74) is 0. The van der Waals surface area contributed by atoms with Crippen LogP contribution in [0.25, 0.3) is 0 Å². The fourth-order valence-corrected chi connectivity index (χ4v) is 1.43. The molecular formula is C7H10N4O. The standard InChI is InChI=1S/C7H10N4O/c1-10-3-2-6(7(10)12)11-5-8-4-9-11/h4-6H,2-3H2,1H3. The molecule has 1 aromatic rings. The van der Waals surface area contributed by atoms with Gasteiger partial charge in [0, 0.05) is 13.6 Å². The lowest BCUT2D eigenvalue weighted by atomic mass is 10.3. The van der Waals surface area contributed by atoms with Gasteiger partial charge in [-0.05, 0) is 6.42 Å². The van der Waals surface area contributed by atoms with E-state index in [-0.39, 0.29) is 11.9 Å². The van der Waals surface area contributed by atoms with Crippen LogP contribution in [0.2, 0.25) is 0 Å². The summed E-state index contributed by atoms with van der Waals surface area (Å²) in [4.78, 5) is 17.0. The number of rotatable bonds is 1. The Bertz CT molecular complexity index is 282. The fraction of sp³-hybridized carbons (Fsp3) is 0.571.